The Hall–Kier alpha value is -1.78. The Labute approximate surface area is 140 Å². The van der Waals surface area contributed by atoms with Gasteiger partial charge in [0.25, 0.3) is 0 Å². The van der Waals surface area contributed by atoms with E-state index in [9.17, 15) is 0 Å². The van der Waals surface area contributed by atoms with Crippen molar-refractivity contribution in [1.82, 2.24) is 0 Å². The van der Waals surface area contributed by atoms with Crippen molar-refractivity contribution in [2.75, 3.05) is 11.9 Å². The molecule has 5 heteroatoms. The Morgan fingerprint density at radius 1 is 1.41 bits per heavy atom. The second-order valence-electron chi connectivity index (χ2n) is 5.09. The van der Waals surface area contributed by atoms with Crippen LogP contribution in [0.4, 0.5) is 5.69 Å². The Bertz CT molecular complexity index is 683. The second-order valence-corrected chi connectivity index (χ2v) is 5.90. The van der Waals surface area contributed by atoms with E-state index in [2.05, 4.69) is 5.32 Å². The highest BCUT2D eigenvalue weighted by molar-refractivity contribution is 7.81. The topological polar surface area (TPSA) is 34.4 Å². The Morgan fingerprint density at radius 2 is 2.18 bits per heavy atom. The lowest BCUT2D eigenvalue weighted by molar-refractivity contribution is 0.362. The molecule has 0 amide bonds. The zero-order valence-electron chi connectivity index (χ0n) is 12.8. The number of allylic oxidation sites excluding steroid dienone is 1. The van der Waals surface area contributed by atoms with Crippen LogP contribution in [0.1, 0.15) is 25.2 Å². The van der Waals surface area contributed by atoms with Crippen molar-refractivity contribution in [2.24, 2.45) is 0 Å². The molecule has 0 aliphatic carbocycles. The molecule has 0 saturated heterocycles. The number of rotatable bonds is 5. The third-order valence-corrected chi connectivity index (χ3v) is 3.57. The Kier molecular flexibility index (Phi) is 5.63. The summed E-state index contributed by atoms with van der Waals surface area (Å²) in [5.41, 5.74) is 2.78. The van der Waals surface area contributed by atoms with Crippen LogP contribution in [0.2, 0.25) is 5.02 Å². The molecule has 3 nitrogen and oxygen atoms in total. The monoisotopic (exact) mass is 335 g/mol. The summed E-state index contributed by atoms with van der Waals surface area (Å²) in [7, 11) is 0. The van der Waals surface area contributed by atoms with E-state index in [-0.39, 0.29) is 0 Å². The number of aryl methyl sites for hydroxylation is 1. The van der Waals surface area contributed by atoms with Crippen molar-refractivity contribution in [3.63, 3.8) is 0 Å². The van der Waals surface area contributed by atoms with Crippen LogP contribution in [0, 0.1) is 6.92 Å². The average Bonchev–Trinajstić information content (AvgIpc) is 2.78. The number of halogens is 1. The van der Waals surface area contributed by atoms with Crippen molar-refractivity contribution in [3.05, 3.63) is 58.5 Å². The molecule has 0 bridgehead atoms. The first kappa shape index (κ1) is 16.6. The Balaban J connectivity index is 2.07. The van der Waals surface area contributed by atoms with Gasteiger partial charge < -0.3 is 14.5 Å². The number of benzene rings is 1. The minimum atomic E-state index is 0.506. The molecule has 1 aromatic carbocycles. The third-order valence-electron chi connectivity index (χ3n) is 2.99. The molecule has 2 rings (SSSR count). The average molecular weight is 336 g/mol. The van der Waals surface area contributed by atoms with Crippen LogP contribution in [-0.4, -0.2) is 11.6 Å². The predicted molar refractivity (Wildman–Crippen MR) is 95.1 cm³/mol. The molecule has 22 heavy (non-hydrogen) atoms. The van der Waals surface area contributed by atoms with Gasteiger partial charge in [0, 0.05) is 11.8 Å². The molecule has 0 unspecified atom stereocenters. The van der Waals surface area contributed by atoms with Crippen LogP contribution in [0.15, 0.2) is 46.6 Å². The fraction of sp³-hybridized carbons (Fsp3) is 0.235. The Morgan fingerprint density at radius 3 is 2.82 bits per heavy atom. The molecule has 0 aliphatic rings. The molecular formula is C17H18ClNO2S. The number of ether oxygens (including phenoxy) is 1. The number of thiocarbonyl (C=S) groups is 1. The van der Waals surface area contributed by atoms with E-state index in [1.165, 1.54) is 11.8 Å². The summed E-state index contributed by atoms with van der Waals surface area (Å²) in [4.78, 5) is 0.526. The van der Waals surface area contributed by atoms with Gasteiger partial charge in [0.05, 0.1) is 10.6 Å². The van der Waals surface area contributed by atoms with Gasteiger partial charge in [-0.25, -0.2) is 0 Å². The minimum Gasteiger partial charge on any atom is -0.489 e. The van der Waals surface area contributed by atoms with E-state index >= 15 is 0 Å². The molecule has 0 atom stereocenters. The summed E-state index contributed by atoms with van der Waals surface area (Å²) in [5, 5.41) is 3.66. The van der Waals surface area contributed by atoms with Crippen molar-refractivity contribution < 1.29 is 9.15 Å². The third kappa shape index (κ3) is 4.36. The van der Waals surface area contributed by atoms with Crippen molar-refractivity contribution in [1.29, 1.82) is 0 Å². The number of hydrogen-bond donors (Lipinski definition) is 1. The maximum Gasteiger partial charge on any atom is 0.121 e. The first-order valence-electron chi connectivity index (χ1n) is 6.88. The van der Waals surface area contributed by atoms with E-state index in [1.807, 2.05) is 51.1 Å². The molecular weight excluding hydrogens is 318 g/mol. The van der Waals surface area contributed by atoms with Gasteiger partial charge in [-0.15, -0.1) is 0 Å². The van der Waals surface area contributed by atoms with Crippen LogP contribution in [0.5, 0.6) is 5.75 Å². The molecule has 0 saturated carbocycles. The predicted octanol–water partition coefficient (Wildman–Crippen LogP) is 5.37. The van der Waals surface area contributed by atoms with Crippen LogP contribution >= 0.6 is 23.8 Å². The molecule has 0 fully saturated rings. The summed E-state index contributed by atoms with van der Waals surface area (Å²) < 4.78 is 10.9. The minimum absolute atomic E-state index is 0.506. The lowest BCUT2D eigenvalue weighted by Gasteiger charge is -2.10. The fourth-order valence-corrected chi connectivity index (χ4v) is 2.56. The molecule has 0 spiro atoms. The van der Waals surface area contributed by atoms with Gasteiger partial charge in [0.1, 0.15) is 29.4 Å². The summed E-state index contributed by atoms with van der Waals surface area (Å²) in [6.07, 6.45) is 3.51. The molecule has 1 aromatic heterocycles. The van der Waals surface area contributed by atoms with Crippen LogP contribution in [0.25, 0.3) is 0 Å². The second kappa shape index (κ2) is 7.47. The molecule has 0 radical (unpaired) electrons. The van der Waals surface area contributed by atoms with E-state index in [0.29, 0.717) is 27.9 Å². The largest absolute Gasteiger partial charge is 0.489 e. The summed E-state index contributed by atoms with van der Waals surface area (Å²) in [5.74, 6) is 1.47. The maximum atomic E-state index is 6.08. The lowest BCUT2D eigenvalue weighted by atomic mass is 10.2. The van der Waals surface area contributed by atoms with E-state index in [4.69, 9.17) is 33.0 Å². The number of anilines is 1. The highest BCUT2D eigenvalue weighted by atomic mass is 35.5. The zero-order chi connectivity index (χ0) is 16.1. The van der Waals surface area contributed by atoms with Crippen molar-refractivity contribution in [3.8, 4) is 5.75 Å². The smallest absolute Gasteiger partial charge is 0.121 e. The normalized spacial score (nSPS) is 10.2. The lowest BCUT2D eigenvalue weighted by Crippen LogP contribution is -2.11. The highest BCUT2D eigenvalue weighted by Crippen LogP contribution is 2.24. The number of nitrogens with one attached hydrogen (secondary N) is 1. The van der Waals surface area contributed by atoms with E-state index < -0.39 is 0 Å². The SMILES string of the molecule is CC(C)=CCOc1cccc(NC(=S)c2c(Cl)coc2C)c1. The van der Waals surface area contributed by atoms with Crippen molar-refractivity contribution in [2.45, 2.75) is 20.8 Å². The number of hydrogen-bond acceptors (Lipinski definition) is 3. The van der Waals surface area contributed by atoms with Gasteiger partial charge in [0.2, 0.25) is 0 Å². The van der Waals surface area contributed by atoms with Crippen LogP contribution < -0.4 is 10.1 Å². The van der Waals surface area contributed by atoms with Crippen LogP contribution in [0.3, 0.4) is 0 Å². The quantitative estimate of drug-likeness (QED) is 0.588. The van der Waals surface area contributed by atoms with Gasteiger partial charge >= 0.3 is 0 Å². The summed E-state index contributed by atoms with van der Waals surface area (Å²) in [6, 6.07) is 7.63. The first-order chi connectivity index (χ1) is 10.5. The van der Waals surface area contributed by atoms with Gasteiger partial charge in [-0.05, 0) is 39.0 Å². The van der Waals surface area contributed by atoms with Crippen molar-refractivity contribution >= 4 is 34.5 Å². The van der Waals surface area contributed by atoms with Gasteiger partial charge in [0.15, 0.2) is 0 Å². The van der Waals surface area contributed by atoms with Gasteiger partial charge in [-0.1, -0.05) is 35.5 Å². The maximum absolute atomic E-state index is 6.08. The van der Waals surface area contributed by atoms with Gasteiger partial charge in [-0.3, -0.25) is 0 Å². The standard InChI is InChI=1S/C17H18ClNO2S/c1-11(2)7-8-20-14-6-4-5-13(9-14)19-17(22)16-12(3)21-10-15(16)18/h4-7,9-10H,8H2,1-3H3,(H,19,22). The zero-order valence-corrected chi connectivity index (χ0v) is 14.3. The highest BCUT2D eigenvalue weighted by Gasteiger charge is 2.13. The molecule has 116 valence electrons. The molecule has 0 aliphatic heterocycles. The summed E-state index contributed by atoms with van der Waals surface area (Å²) >= 11 is 11.5. The molecule has 1 N–H and O–H groups in total. The summed E-state index contributed by atoms with van der Waals surface area (Å²) in [6.45, 7) is 6.45. The van der Waals surface area contributed by atoms with E-state index in [0.717, 1.165) is 11.4 Å². The molecule has 1 heterocycles. The molecule has 2 aromatic rings. The first-order valence-corrected chi connectivity index (χ1v) is 7.67. The fourth-order valence-electron chi connectivity index (χ4n) is 1.86. The van der Waals surface area contributed by atoms with E-state index in [1.54, 1.807) is 0 Å². The van der Waals surface area contributed by atoms with Crippen LogP contribution in [-0.2, 0) is 0 Å². The number of furan rings is 1. The van der Waals surface area contributed by atoms with Gasteiger partial charge in [-0.2, -0.15) is 0 Å².